The summed E-state index contributed by atoms with van der Waals surface area (Å²) in [6.45, 7) is 6.09. The van der Waals surface area contributed by atoms with Gasteiger partial charge in [-0.3, -0.25) is 9.67 Å². The number of aromatic nitrogens is 5. The molecule has 0 fully saturated rings. The van der Waals surface area contributed by atoms with Crippen LogP contribution in [0.1, 0.15) is 44.4 Å². The highest BCUT2D eigenvalue weighted by Crippen LogP contribution is 2.36. The zero-order chi connectivity index (χ0) is 23.9. The average molecular weight is 453 g/mol. The van der Waals surface area contributed by atoms with Crippen molar-refractivity contribution in [2.45, 2.75) is 52.2 Å². The standard InChI is InChI=1S/C27H28N6O/c1-18-12-21(8-9-23(18)22-14-30-32(16-22)17-27(2,3)34)24-15-31-33-11-10-29-25(26(24)33)20-6-4-19(13-28)5-7-20/h6,8-12,14-16,19,34H,4-5,7,17H2,1-3H3. The summed E-state index contributed by atoms with van der Waals surface area (Å²) in [5.74, 6) is 0.0934. The molecular weight excluding hydrogens is 424 g/mol. The number of allylic oxidation sites excluding steroid dienone is 2. The highest BCUT2D eigenvalue weighted by atomic mass is 16.3. The number of aliphatic hydroxyl groups is 1. The largest absolute Gasteiger partial charge is 0.389 e. The maximum Gasteiger partial charge on any atom is 0.0999 e. The molecule has 1 aliphatic rings. The van der Waals surface area contributed by atoms with Gasteiger partial charge in [0.15, 0.2) is 0 Å². The summed E-state index contributed by atoms with van der Waals surface area (Å²) >= 11 is 0. The van der Waals surface area contributed by atoms with Crippen LogP contribution in [0, 0.1) is 24.2 Å². The van der Waals surface area contributed by atoms with Crippen LogP contribution in [0.3, 0.4) is 0 Å². The van der Waals surface area contributed by atoms with Gasteiger partial charge in [-0.15, -0.1) is 0 Å². The van der Waals surface area contributed by atoms with Crippen LogP contribution in [0.15, 0.2) is 55.3 Å². The Morgan fingerprint density at radius 2 is 2.03 bits per heavy atom. The molecule has 0 aliphatic heterocycles. The zero-order valence-corrected chi connectivity index (χ0v) is 19.7. The molecule has 4 aromatic rings. The highest BCUT2D eigenvalue weighted by molar-refractivity contribution is 5.89. The van der Waals surface area contributed by atoms with Crippen molar-refractivity contribution < 1.29 is 5.11 Å². The van der Waals surface area contributed by atoms with Gasteiger partial charge in [-0.1, -0.05) is 24.3 Å². The summed E-state index contributed by atoms with van der Waals surface area (Å²) in [5.41, 5.74) is 7.70. The summed E-state index contributed by atoms with van der Waals surface area (Å²) < 4.78 is 3.67. The number of fused-ring (bicyclic) bond motifs is 1. The van der Waals surface area contributed by atoms with Gasteiger partial charge in [0.05, 0.1) is 47.7 Å². The Labute approximate surface area is 199 Å². The van der Waals surface area contributed by atoms with E-state index in [9.17, 15) is 10.4 Å². The van der Waals surface area contributed by atoms with Crippen molar-refractivity contribution in [2.75, 3.05) is 0 Å². The van der Waals surface area contributed by atoms with Gasteiger partial charge in [0, 0.05) is 29.7 Å². The van der Waals surface area contributed by atoms with Crippen LogP contribution in [0.2, 0.25) is 0 Å². The maximum atomic E-state index is 10.1. The predicted molar refractivity (Wildman–Crippen MR) is 132 cm³/mol. The fraction of sp³-hybridized carbons (Fsp3) is 0.333. The number of benzene rings is 1. The van der Waals surface area contributed by atoms with Gasteiger partial charge >= 0.3 is 0 Å². The quantitative estimate of drug-likeness (QED) is 0.458. The fourth-order valence-electron chi connectivity index (χ4n) is 4.70. The van der Waals surface area contributed by atoms with Crippen molar-refractivity contribution in [2.24, 2.45) is 5.92 Å². The van der Waals surface area contributed by atoms with Gasteiger partial charge in [-0.25, -0.2) is 4.52 Å². The molecule has 0 saturated carbocycles. The molecule has 7 heteroatoms. The minimum atomic E-state index is -0.819. The molecule has 0 spiro atoms. The van der Waals surface area contributed by atoms with E-state index in [1.165, 1.54) is 5.57 Å². The Morgan fingerprint density at radius 1 is 1.18 bits per heavy atom. The zero-order valence-electron chi connectivity index (χ0n) is 19.7. The molecule has 0 radical (unpaired) electrons. The van der Waals surface area contributed by atoms with Gasteiger partial charge in [-0.2, -0.15) is 15.5 Å². The lowest BCUT2D eigenvalue weighted by molar-refractivity contribution is 0.0577. The molecule has 34 heavy (non-hydrogen) atoms. The van der Waals surface area contributed by atoms with Crippen LogP contribution in [0.25, 0.3) is 33.3 Å². The molecule has 0 saturated heterocycles. The van der Waals surface area contributed by atoms with E-state index in [0.29, 0.717) is 6.54 Å². The minimum Gasteiger partial charge on any atom is -0.389 e. The van der Waals surface area contributed by atoms with Gasteiger partial charge < -0.3 is 5.11 Å². The SMILES string of the molecule is Cc1cc(-c2cnn3ccnc(C4=CCC(C#N)CC4)c23)ccc1-c1cnn(CC(C)(C)O)c1. The molecular formula is C27H28N6O. The molecule has 0 amide bonds. The van der Waals surface area contributed by atoms with Crippen LogP contribution in [0.4, 0.5) is 0 Å². The second-order valence-electron chi connectivity index (χ2n) is 9.73. The van der Waals surface area contributed by atoms with Gasteiger partial charge in [0.1, 0.15) is 0 Å². The number of aryl methyl sites for hydroxylation is 1. The van der Waals surface area contributed by atoms with Crippen LogP contribution in [-0.4, -0.2) is 35.1 Å². The lowest BCUT2D eigenvalue weighted by Crippen LogP contribution is -2.26. The van der Waals surface area contributed by atoms with Gasteiger partial charge in [0.2, 0.25) is 0 Å². The van der Waals surface area contributed by atoms with Crippen LogP contribution < -0.4 is 0 Å². The summed E-state index contributed by atoms with van der Waals surface area (Å²) in [6, 6.07) is 8.79. The molecule has 3 heterocycles. The Hall–Kier alpha value is -3.76. The van der Waals surface area contributed by atoms with Crippen molar-refractivity contribution in [3.8, 4) is 28.3 Å². The topological polar surface area (TPSA) is 92.0 Å². The molecule has 1 atom stereocenters. The third-order valence-electron chi connectivity index (χ3n) is 6.36. The van der Waals surface area contributed by atoms with Crippen molar-refractivity contribution in [3.05, 3.63) is 66.5 Å². The van der Waals surface area contributed by atoms with E-state index in [-0.39, 0.29) is 5.92 Å². The van der Waals surface area contributed by atoms with E-state index in [4.69, 9.17) is 4.98 Å². The van der Waals surface area contributed by atoms with E-state index in [2.05, 4.69) is 47.5 Å². The van der Waals surface area contributed by atoms with E-state index in [0.717, 1.165) is 58.3 Å². The van der Waals surface area contributed by atoms with Crippen molar-refractivity contribution in [3.63, 3.8) is 0 Å². The number of hydrogen-bond acceptors (Lipinski definition) is 5. The molecule has 1 N–H and O–H groups in total. The summed E-state index contributed by atoms with van der Waals surface area (Å²) in [4.78, 5) is 4.72. The Balaban J connectivity index is 1.51. The highest BCUT2D eigenvalue weighted by Gasteiger charge is 2.20. The number of nitrogens with zero attached hydrogens (tertiary/aromatic N) is 6. The Morgan fingerprint density at radius 3 is 2.74 bits per heavy atom. The normalized spacial score (nSPS) is 16.4. The molecule has 172 valence electrons. The smallest absolute Gasteiger partial charge is 0.0999 e. The lowest BCUT2D eigenvalue weighted by Gasteiger charge is -2.17. The second-order valence-corrected chi connectivity index (χ2v) is 9.73. The summed E-state index contributed by atoms with van der Waals surface area (Å²) in [6.07, 6.45) is 14.0. The van der Waals surface area contributed by atoms with E-state index >= 15 is 0 Å². The van der Waals surface area contributed by atoms with Crippen molar-refractivity contribution in [1.82, 2.24) is 24.4 Å². The van der Waals surface area contributed by atoms with Crippen molar-refractivity contribution in [1.29, 1.82) is 5.26 Å². The van der Waals surface area contributed by atoms with Crippen molar-refractivity contribution >= 4 is 11.1 Å². The average Bonchev–Trinajstić information content (AvgIpc) is 3.45. The fourth-order valence-corrected chi connectivity index (χ4v) is 4.70. The first-order valence-electron chi connectivity index (χ1n) is 11.6. The predicted octanol–water partition coefficient (Wildman–Crippen LogP) is 5.05. The first-order chi connectivity index (χ1) is 16.3. The first kappa shape index (κ1) is 22.1. The van der Waals surface area contributed by atoms with E-state index in [1.807, 2.05) is 29.3 Å². The van der Waals surface area contributed by atoms with Crippen LogP contribution in [-0.2, 0) is 6.54 Å². The third-order valence-corrected chi connectivity index (χ3v) is 6.36. The number of rotatable bonds is 5. The minimum absolute atomic E-state index is 0.0934. The van der Waals surface area contributed by atoms with E-state index in [1.54, 1.807) is 24.7 Å². The van der Waals surface area contributed by atoms with Gasteiger partial charge in [-0.05, 0) is 62.3 Å². The Kier molecular flexibility index (Phi) is 5.54. The molecule has 7 nitrogen and oxygen atoms in total. The summed E-state index contributed by atoms with van der Waals surface area (Å²) in [7, 11) is 0. The molecule has 3 aromatic heterocycles. The maximum absolute atomic E-state index is 10.1. The molecule has 1 unspecified atom stereocenters. The first-order valence-corrected chi connectivity index (χ1v) is 11.6. The van der Waals surface area contributed by atoms with Crippen LogP contribution >= 0.6 is 0 Å². The molecule has 5 rings (SSSR count). The second kappa shape index (κ2) is 8.54. The molecule has 0 bridgehead atoms. The molecule has 1 aromatic carbocycles. The monoisotopic (exact) mass is 452 g/mol. The molecule has 1 aliphatic carbocycles. The van der Waals surface area contributed by atoms with Crippen LogP contribution in [0.5, 0.6) is 0 Å². The lowest BCUT2D eigenvalue weighted by atomic mass is 9.88. The number of nitriles is 1. The number of hydrogen-bond donors (Lipinski definition) is 1. The van der Waals surface area contributed by atoms with E-state index < -0.39 is 5.60 Å². The Bertz CT molecular complexity index is 1430. The third kappa shape index (κ3) is 4.25. The summed E-state index contributed by atoms with van der Waals surface area (Å²) in [5, 5.41) is 28.3. The van der Waals surface area contributed by atoms with Gasteiger partial charge in [0.25, 0.3) is 0 Å².